The van der Waals surface area contributed by atoms with E-state index in [1.54, 1.807) is 7.11 Å². The Bertz CT molecular complexity index is 755. The number of methoxy groups -OCH3 is 1. The molecule has 0 amide bonds. The van der Waals surface area contributed by atoms with E-state index in [2.05, 4.69) is 48.6 Å². The van der Waals surface area contributed by atoms with Gasteiger partial charge in [0.25, 0.3) is 0 Å². The van der Waals surface area contributed by atoms with Crippen molar-refractivity contribution in [1.29, 1.82) is 0 Å². The summed E-state index contributed by atoms with van der Waals surface area (Å²) in [5, 5.41) is 11.2. The number of halogens is 1. The number of nitrogens with zero attached hydrogens (tertiary/aromatic N) is 3. The Morgan fingerprint density at radius 2 is 1.89 bits per heavy atom. The second-order valence-electron chi connectivity index (χ2n) is 6.86. The number of hydrogen-bond acceptors (Lipinski definition) is 3. The first-order valence-corrected chi connectivity index (χ1v) is 9.61. The maximum atomic E-state index is 5.23. The fraction of sp³-hybridized carbons (Fsp3) is 0.524. The number of guanidine groups is 1. The van der Waals surface area contributed by atoms with Crippen molar-refractivity contribution in [2.24, 2.45) is 12.0 Å². The summed E-state index contributed by atoms with van der Waals surface area (Å²) in [7, 11) is 3.66. The summed E-state index contributed by atoms with van der Waals surface area (Å²) < 4.78 is 7.14. The SMILES string of the molecule is CCNC(=NCc1c(C)nn(C)c1C)NCCC(C)c1ccc(OC)cc1.I. The molecule has 0 saturated carbocycles. The normalized spacial score (nSPS) is 12.3. The molecule has 0 bridgehead atoms. The van der Waals surface area contributed by atoms with E-state index in [-0.39, 0.29) is 24.0 Å². The average Bonchev–Trinajstić information content (AvgIpc) is 2.91. The van der Waals surface area contributed by atoms with E-state index < -0.39 is 0 Å². The van der Waals surface area contributed by atoms with Gasteiger partial charge in [-0.25, -0.2) is 4.99 Å². The molecule has 2 aromatic rings. The molecule has 0 aliphatic carbocycles. The number of aromatic nitrogens is 2. The van der Waals surface area contributed by atoms with E-state index in [1.807, 2.05) is 30.8 Å². The van der Waals surface area contributed by atoms with E-state index in [4.69, 9.17) is 9.73 Å². The second kappa shape index (κ2) is 11.9. The lowest BCUT2D eigenvalue weighted by atomic mass is 9.98. The molecular weight excluding hydrogens is 465 g/mol. The Balaban J connectivity index is 0.00000392. The van der Waals surface area contributed by atoms with Crippen LogP contribution in [-0.2, 0) is 13.6 Å². The van der Waals surface area contributed by atoms with Gasteiger partial charge in [0.2, 0.25) is 0 Å². The largest absolute Gasteiger partial charge is 0.497 e. The van der Waals surface area contributed by atoms with Gasteiger partial charge < -0.3 is 15.4 Å². The summed E-state index contributed by atoms with van der Waals surface area (Å²) in [6.45, 7) is 10.8. The Labute approximate surface area is 186 Å². The van der Waals surface area contributed by atoms with Crippen LogP contribution < -0.4 is 15.4 Å². The van der Waals surface area contributed by atoms with Crippen LogP contribution in [0.3, 0.4) is 0 Å². The molecule has 1 heterocycles. The van der Waals surface area contributed by atoms with Gasteiger partial charge in [-0.15, -0.1) is 24.0 Å². The molecule has 156 valence electrons. The molecule has 1 aromatic carbocycles. The molecular formula is C21H34IN5O. The van der Waals surface area contributed by atoms with Crippen LogP contribution in [0.5, 0.6) is 5.75 Å². The monoisotopic (exact) mass is 499 g/mol. The predicted octanol–water partition coefficient (Wildman–Crippen LogP) is 3.91. The van der Waals surface area contributed by atoms with Crippen LogP contribution in [0.4, 0.5) is 0 Å². The predicted molar refractivity (Wildman–Crippen MR) is 127 cm³/mol. The molecule has 1 unspecified atom stereocenters. The molecule has 2 rings (SSSR count). The fourth-order valence-corrected chi connectivity index (χ4v) is 3.05. The minimum absolute atomic E-state index is 0. The topological polar surface area (TPSA) is 63.5 Å². The molecule has 2 N–H and O–H groups in total. The van der Waals surface area contributed by atoms with Crippen LogP contribution >= 0.6 is 24.0 Å². The second-order valence-corrected chi connectivity index (χ2v) is 6.86. The number of hydrogen-bond donors (Lipinski definition) is 2. The third-order valence-electron chi connectivity index (χ3n) is 4.95. The van der Waals surface area contributed by atoms with Gasteiger partial charge in [0.05, 0.1) is 19.3 Å². The van der Waals surface area contributed by atoms with Crippen LogP contribution in [0, 0.1) is 13.8 Å². The molecule has 28 heavy (non-hydrogen) atoms. The third kappa shape index (κ3) is 6.68. The van der Waals surface area contributed by atoms with Crippen LogP contribution in [0.2, 0.25) is 0 Å². The number of rotatable bonds is 8. The number of aryl methyl sites for hydroxylation is 2. The Morgan fingerprint density at radius 1 is 1.21 bits per heavy atom. The first-order chi connectivity index (χ1) is 13.0. The molecule has 0 aliphatic rings. The van der Waals surface area contributed by atoms with Gasteiger partial charge >= 0.3 is 0 Å². The summed E-state index contributed by atoms with van der Waals surface area (Å²) in [5.74, 6) is 2.21. The highest BCUT2D eigenvalue weighted by Crippen LogP contribution is 2.21. The van der Waals surface area contributed by atoms with Crippen molar-refractivity contribution in [3.63, 3.8) is 0 Å². The number of aliphatic imine (C=N–C) groups is 1. The van der Waals surface area contributed by atoms with Crippen molar-refractivity contribution < 1.29 is 4.74 Å². The first-order valence-electron chi connectivity index (χ1n) is 9.61. The number of benzene rings is 1. The minimum Gasteiger partial charge on any atom is -0.497 e. The molecule has 0 saturated heterocycles. The smallest absolute Gasteiger partial charge is 0.191 e. The van der Waals surface area contributed by atoms with Crippen LogP contribution in [-0.4, -0.2) is 35.9 Å². The number of ether oxygens (including phenoxy) is 1. The molecule has 7 heteroatoms. The molecule has 0 fully saturated rings. The van der Waals surface area contributed by atoms with E-state index in [1.165, 1.54) is 16.8 Å². The fourth-order valence-electron chi connectivity index (χ4n) is 3.05. The van der Waals surface area contributed by atoms with E-state index in [9.17, 15) is 0 Å². The van der Waals surface area contributed by atoms with Gasteiger partial charge in [0.1, 0.15) is 5.75 Å². The quantitative estimate of drug-likeness (QED) is 0.329. The Morgan fingerprint density at radius 3 is 2.43 bits per heavy atom. The summed E-state index contributed by atoms with van der Waals surface area (Å²) in [5.41, 5.74) is 4.73. The van der Waals surface area contributed by atoms with Crippen molar-refractivity contribution in [3.8, 4) is 5.75 Å². The lowest BCUT2D eigenvalue weighted by molar-refractivity contribution is 0.414. The maximum absolute atomic E-state index is 5.23. The van der Waals surface area contributed by atoms with Crippen molar-refractivity contribution in [3.05, 3.63) is 46.8 Å². The van der Waals surface area contributed by atoms with E-state index in [0.717, 1.165) is 36.9 Å². The van der Waals surface area contributed by atoms with Crippen molar-refractivity contribution >= 4 is 29.9 Å². The minimum atomic E-state index is 0. The lowest BCUT2D eigenvalue weighted by Gasteiger charge is -2.15. The van der Waals surface area contributed by atoms with Crippen molar-refractivity contribution in [2.45, 2.75) is 46.6 Å². The van der Waals surface area contributed by atoms with E-state index in [0.29, 0.717) is 12.5 Å². The van der Waals surface area contributed by atoms with Gasteiger partial charge in [-0.3, -0.25) is 4.68 Å². The highest BCUT2D eigenvalue weighted by Gasteiger charge is 2.10. The van der Waals surface area contributed by atoms with Gasteiger partial charge in [0, 0.05) is 31.4 Å². The Kier molecular flexibility index (Phi) is 10.3. The average molecular weight is 499 g/mol. The molecule has 6 nitrogen and oxygen atoms in total. The first kappa shape index (κ1) is 24.3. The van der Waals surface area contributed by atoms with E-state index >= 15 is 0 Å². The van der Waals surface area contributed by atoms with Crippen molar-refractivity contribution in [2.75, 3.05) is 20.2 Å². The van der Waals surface area contributed by atoms with Gasteiger partial charge in [-0.2, -0.15) is 5.10 Å². The van der Waals surface area contributed by atoms with Crippen LogP contribution in [0.1, 0.15) is 48.7 Å². The van der Waals surface area contributed by atoms with Gasteiger partial charge in [-0.1, -0.05) is 19.1 Å². The molecule has 1 atom stereocenters. The molecule has 0 spiro atoms. The molecule has 0 aliphatic heterocycles. The standard InChI is InChI=1S/C21H33N5O.HI/c1-7-22-21(24-14-20-16(3)25-26(5)17(20)4)23-13-12-15(2)18-8-10-19(27-6)11-9-18;/h8-11,15H,7,12-14H2,1-6H3,(H2,22,23,24);1H. The lowest BCUT2D eigenvalue weighted by Crippen LogP contribution is -2.38. The zero-order valence-corrected chi connectivity index (χ0v) is 20.2. The Hall–Kier alpha value is -1.77. The highest BCUT2D eigenvalue weighted by molar-refractivity contribution is 14.0. The third-order valence-corrected chi connectivity index (χ3v) is 4.95. The number of nitrogens with one attached hydrogen (secondary N) is 2. The van der Waals surface area contributed by atoms with Crippen molar-refractivity contribution in [1.82, 2.24) is 20.4 Å². The summed E-state index contributed by atoms with van der Waals surface area (Å²) in [4.78, 5) is 4.74. The summed E-state index contributed by atoms with van der Waals surface area (Å²) in [6.07, 6.45) is 1.03. The summed E-state index contributed by atoms with van der Waals surface area (Å²) in [6, 6.07) is 8.31. The van der Waals surface area contributed by atoms with Gasteiger partial charge in [0.15, 0.2) is 5.96 Å². The molecule has 0 radical (unpaired) electrons. The molecule has 1 aromatic heterocycles. The van der Waals surface area contributed by atoms with Gasteiger partial charge in [-0.05, 0) is 50.8 Å². The summed E-state index contributed by atoms with van der Waals surface area (Å²) >= 11 is 0. The zero-order chi connectivity index (χ0) is 19.8. The van der Waals surface area contributed by atoms with Crippen LogP contribution in [0.25, 0.3) is 0 Å². The highest BCUT2D eigenvalue weighted by atomic mass is 127. The zero-order valence-electron chi connectivity index (χ0n) is 17.9. The van der Waals surface area contributed by atoms with Crippen LogP contribution in [0.15, 0.2) is 29.3 Å². The maximum Gasteiger partial charge on any atom is 0.191 e.